The maximum atomic E-state index is 5.38. The zero-order valence-electron chi connectivity index (χ0n) is 9.87. The molecule has 0 aromatic carbocycles. The minimum Gasteiger partial charge on any atom is -0.378 e. The van der Waals surface area contributed by atoms with Crippen LogP contribution in [0, 0.1) is 0 Å². The summed E-state index contributed by atoms with van der Waals surface area (Å²) in [6.45, 7) is 2.31. The van der Waals surface area contributed by atoms with E-state index in [1.807, 2.05) is 18.2 Å². The number of aromatic nitrogens is 3. The fourth-order valence-electron chi connectivity index (χ4n) is 1.90. The van der Waals surface area contributed by atoms with Gasteiger partial charge in [0.05, 0.1) is 13.2 Å². The number of ether oxygens (including phenoxy) is 1. The number of rotatable bonds is 3. The van der Waals surface area contributed by atoms with E-state index >= 15 is 0 Å². The Balaban J connectivity index is 1.69. The maximum Gasteiger partial charge on any atom is 0.228 e. The summed E-state index contributed by atoms with van der Waals surface area (Å²) in [5.74, 6) is 1.14. The van der Waals surface area contributed by atoms with Gasteiger partial charge in [0, 0.05) is 25.2 Å². The summed E-state index contributed by atoms with van der Waals surface area (Å²) in [6, 6.07) is 5.86. The van der Waals surface area contributed by atoms with E-state index in [0.717, 1.165) is 18.8 Å². The normalized spacial score (nSPS) is 19.9. The van der Waals surface area contributed by atoms with Crippen molar-refractivity contribution in [1.82, 2.24) is 20.4 Å². The Morgan fingerprint density at radius 3 is 3.17 bits per heavy atom. The Morgan fingerprint density at radius 2 is 2.39 bits per heavy atom. The molecule has 6 heteroatoms. The van der Waals surface area contributed by atoms with E-state index in [1.165, 1.54) is 0 Å². The van der Waals surface area contributed by atoms with Crippen LogP contribution in [0.2, 0.25) is 0 Å². The van der Waals surface area contributed by atoms with Crippen molar-refractivity contribution in [3.8, 4) is 11.5 Å². The molecule has 0 saturated carbocycles. The molecular formula is C12H14N4O2. The van der Waals surface area contributed by atoms with E-state index in [-0.39, 0.29) is 6.04 Å². The average Bonchev–Trinajstić information content (AvgIpc) is 2.89. The second-order valence-electron chi connectivity index (χ2n) is 4.16. The fourth-order valence-corrected chi connectivity index (χ4v) is 1.90. The molecule has 0 aliphatic carbocycles. The van der Waals surface area contributed by atoms with Crippen molar-refractivity contribution in [3.05, 3.63) is 30.3 Å². The topological polar surface area (TPSA) is 73.1 Å². The van der Waals surface area contributed by atoms with Crippen molar-refractivity contribution in [2.75, 3.05) is 19.8 Å². The second kappa shape index (κ2) is 5.24. The molecule has 1 fully saturated rings. The summed E-state index contributed by atoms with van der Waals surface area (Å²) in [4.78, 5) is 8.52. The van der Waals surface area contributed by atoms with Crippen molar-refractivity contribution in [2.45, 2.75) is 12.5 Å². The third-order valence-corrected chi connectivity index (χ3v) is 2.78. The minimum atomic E-state index is 0.246. The third-order valence-electron chi connectivity index (χ3n) is 2.78. The van der Waals surface area contributed by atoms with Crippen LogP contribution in [0.5, 0.6) is 0 Å². The van der Waals surface area contributed by atoms with E-state index in [9.17, 15) is 0 Å². The van der Waals surface area contributed by atoms with Crippen LogP contribution in [0.25, 0.3) is 11.5 Å². The zero-order chi connectivity index (χ0) is 12.2. The monoisotopic (exact) mass is 246 g/mol. The van der Waals surface area contributed by atoms with Crippen molar-refractivity contribution < 1.29 is 9.26 Å². The summed E-state index contributed by atoms with van der Waals surface area (Å²) >= 11 is 0. The van der Waals surface area contributed by atoms with Crippen LogP contribution < -0.4 is 5.32 Å². The van der Waals surface area contributed by atoms with Crippen LogP contribution in [0.1, 0.15) is 5.89 Å². The molecule has 1 saturated heterocycles. The molecule has 94 valence electrons. The number of nitrogens with zero attached hydrogens (tertiary/aromatic N) is 3. The van der Waals surface area contributed by atoms with Gasteiger partial charge >= 0.3 is 0 Å². The van der Waals surface area contributed by atoms with Crippen LogP contribution in [0.15, 0.2) is 28.9 Å². The van der Waals surface area contributed by atoms with Gasteiger partial charge in [0.1, 0.15) is 5.69 Å². The number of pyridine rings is 1. The molecule has 18 heavy (non-hydrogen) atoms. The summed E-state index contributed by atoms with van der Waals surface area (Å²) in [5.41, 5.74) is 0.723. The first-order valence-corrected chi connectivity index (χ1v) is 5.97. The van der Waals surface area contributed by atoms with Crippen molar-refractivity contribution in [1.29, 1.82) is 0 Å². The van der Waals surface area contributed by atoms with Gasteiger partial charge in [0.15, 0.2) is 0 Å². The highest BCUT2D eigenvalue weighted by atomic mass is 16.5. The number of hydrogen-bond donors (Lipinski definition) is 1. The van der Waals surface area contributed by atoms with Crippen LogP contribution in [0.3, 0.4) is 0 Å². The number of nitrogens with one attached hydrogen (secondary N) is 1. The first kappa shape index (κ1) is 11.3. The average molecular weight is 246 g/mol. The number of morpholine rings is 1. The largest absolute Gasteiger partial charge is 0.378 e. The summed E-state index contributed by atoms with van der Waals surface area (Å²) < 4.78 is 10.6. The first-order chi connectivity index (χ1) is 8.92. The Labute approximate surface area is 104 Å². The highest BCUT2D eigenvalue weighted by Crippen LogP contribution is 2.13. The smallest absolute Gasteiger partial charge is 0.228 e. The van der Waals surface area contributed by atoms with Crippen LogP contribution in [-0.4, -0.2) is 40.9 Å². The predicted molar refractivity (Wildman–Crippen MR) is 63.8 cm³/mol. The van der Waals surface area contributed by atoms with Gasteiger partial charge in [0.2, 0.25) is 11.7 Å². The quantitative estimate of drug-likeness (QED) is 0.857. The van der Waals surface area contributed by atoms with Gasteiger partial charge in [-0.1, -0.05) is 11.2 Å². The molecule has 1 N–H and O–H groups in total. The Hall–Kier alpha value is -1.79. The molecule has 0 bridgehead atoms. The molecule has 6 nitrogen and oxygen atoms in total. The van der Waals surface area contributed by atoms with Gasteiger partial charge < -0.3 is 14.6 Å². The molecule has 3 rings (SSSR count). The van der Waals surface area contributed by atoms with Gasteiger partial charge in [-0.05, 0) is 12.1 Å². The highest BCUT2D eigenvalue weighted by molar-refractivity contribution is 5.46. The lowest BCUT2D eigenvalue weighted by Crippen LogP contribution is -2.42. The molecule has 0 radical (unpaired) electrons. The SMILES string of the molecule is c1ccc(-c2noc(CC3COCCN3)n2)nc1. The second-order valence-corrected chi connectivity index (χ2v) is 4.16. The van der Waals surface area contributed by atoms with Crippen molar-refractivity contribution in [2.24, 2.45) is 0 Å². The molecule has 2 aromatic heterocycles. The summed E-state index contributed by atoms with van der Waals surface area (Å²) in [5, 5.41) is 7.28. The van der Waals surface area contributed by atoms with E-state index in [0.29, 0.717) is 24.7 Å². The molecule has 3 heterocycles. The Bertz CT molecular complexity index is 494. The Kier molecular flexibility index (Phi) is 3.29. The maximum absolute atomic E-state index is 5.38. The molecule has 0 amide bonds. The third kappa shape index (κ3) is 2.55. The lowest BCUT2D eigenvalue weighted by molar-refractivity contribution is 0.0744. The van der Waals surface area contributed by atoms with Crippen LogP contribution in [-0.2, 0) is 11.2 Å². The van der Waals surface area contributed by atoms with Gasteiger partial charge in [0.25, 0.3) is 0 Å². The highest BCUT2D eigenvalue weighted by Gasteiger charge is 2.17. The Morgan fingerprint density at radius 1 is 1.39 bits per heavy atom. The van der Waals surface area contributed by atoms with Crippen LogP contribution in [0.4, 0.5) is 0 Å². The first-order valence-electron chi connectivity index (χ1n) is 5.97. The molecule has 1 aliphatic heterocycles. The summed E-state index contributed by atoms with van der Waals surface area (Å²) in [7, 11) is 0. The molecular weight excluding hydrogens is 232 g/mol. The fraction of sp³-hybridized carbons (Fsp3) is 0.417. The van der Waals surface area contributed by atoms with E-state index in [1.54, 1.807) is 6.20 Å². The van der Waals surface area contributed by atoms with Gasteiger partial charge in [-0.3, -0.25) is 4.98 Å². The van der Waals surface area contributed by atoms with E-state index < -0.39 is 0 Å². The lowest BCUT2D eigenvalue weighted by Gasteiger charge is -2.22. The molecule has 1 unspecified atom stereocenters. The van der Waals surface area contributed by atoms with E-state index in [4.69, 9.17) is 9.26 Å². The van der Waals surface area contributed by atoms with Crippen molar-refractivity contribution in [3.63, 3.8) is 0 Å². The zero-order valence-corrected chi connectivity index (χ0v) is 9.87. The standard InChI is InChI=1S/C12H14N4O2/c1-2-4-14-10(3-1)12-15-11(18-16-12)7-9-8-17-6-5-13-9/h1-4,9,13H,5-8H2. The van der Waals surface area contributed by atoms with Crippen molar-refractivity contribution >= 4 is 0 Å². The van der Waals surface area contributed by atoms with Gasteiger partial charge in [-0.25, -0.2) is 0 Å². The van der Waals surface area contributed by atoms with Crippen LogP contribution >= 0.6 is 0 Å². The molecule has 2 aromatic rings. The van der Waals surface area contributed by atoms with E-state index in [2.05, 4.69) is 20.4 Å². The molecule has 1 aliphatic rings. The number of hydrogen-bond acceptors (Lipinski definition) is 6. The molecule has 0 spiro atoms. The predicted octanol–water partition coefficient (Wildman–Crippen LogP) is 0.662. The lowest BCUT2D eigenvalue weighted by atomic mass is 10.2. The van der Waals surface area contributed by atoms with Gasteiger partial charge in [-0.15, -0.1) is 0 Å². The minimum absolute atomic E-state index is 0.246. The summed E-state index contributed by atoms with van der Waals surface area (Å²) in [6.07, 6.45) is 2.39. The van der Waals surface area contributed by atoms with Gasteiger partial charge in [-0.2, -0.15) is 4.98 Å². The molecule has 1 atom stereocenters.